The van der Waals surface area contributed by atoms with Crippen LogP contribution in [-0.2, 0) is 6.42 Å². The van der Waals surface area contributed by atoms with Gasteiger partial charge in [-0.15, -0.1) is 11.3 Å². The molecule has 2 aromatic heterocycles. The van der Waals surface area contributed by atoms with Gasteiger partial charge in [-0.1, -0.05) is 18.5 Å². The Hall–Kier alpha value is -1.43. The van der Waals surface area contributed by atoms with Gasteiger partial charge in [-0.25, -0.2) is 9.37 Å². The molecule has 2 heterocycles. The highest BCUT2D eigenvalue weighted by Gasteiger charge is 2.17. The second-order valence-corrected chi connectivity index (χ2v) is 6.11. The smallest absolute Gasteiger partial charge is 0.193 e. The fraction of sp³-hybridized carbons (Fsp3) is 0.267. The zero-order valence-corrected chi connectivity index (χ0v) is 13.1. The molecular formula is C15H15ClFN3S. The first-order chi connectivity index (χ1) is 10.2. The molecular weight excluding hydrogens is 309 g/mol. The normalized spacial score (nSPS) is 12.9. The molecule has 110 valence electrons. The molecule has 3 rings (SSSR count). The Bertz CT molecular complexity index is 724. The first-order valence-corrected chi connectivity index (χ1v) is 8.02. The summed E-state index contributed by atoms with van der Waals surface area (Å²) >= 11 is 7.58. The minimum Gasteiger partial charge on any atom is -0.310 e. The molecule has 0 bridgehead atoms. The van der Waals surface area contributed by atoms with Crippen LogP contribution in [0, 0.1) is 5.82 Å². The lowest BCUT2D eigenvalue weighted by Crippen LogP contribution is -2.24. The number of thiazole rings is 1. The molecule has 0 aliphatic rings. The lowest BCUT2D eigenvalue weighted by Gasteiger charge is -2.18. The summed E-state index contributed by atoms with van der Waals surface area (Å²) in [6, 6.07) is 4.52. The highest BCUT2D eigenvalue weighted by atomic mass is 35.5. The summed E-state index contributed by atoms with van der Waals surface area (Å²) in [5.41, 5.74) is 1.52. The number of halogens is 2. The Morgan fingerprint density at radius 1 is 1.48 bits per heavy atom. The molecule has 1 unspecified atom stereocenters. The second kappa shape index (κ2) is 6.13. The molecule has 6 heteroatoms. The van der Waals surface area contributed by atoms with Crippen LogP contribution in [0.1, 0.15) is 24.2 Å². The Morgan fingerprint density at radius 2 is 2.33 bits per heavy atom. The average molecular weight is 324 g/mol. The summed E-state index contributed by atoms with van der Waals surface area (Å²) in [6.45, 7) is 2.75. The quantitative estimate of drug-likeness (QED) is 0.766. The summed E-state index contributed by atoms with van der Waals surface area (Å²) in [5.74, 6) is -0.244. The zero-order valence-electron chi connectivity index (χ0n) is 11.5. The summed E-state index contributed by atoms with van der Waals surface area (Å²) in [5, 5.41) is 5.84. The maximum absolute atomic E-state index is 14.1. The van der Waals surface area contributed by atoms with E-state index >= 15 is 0 Å². The Morgan fingerprint density at radius 3 is 3.10 bits per heavy atom. The van der Waals surface area contributed by atoms with Crippen molar-refractivity contribution in [3.63, 3.8) is 0 Å². The van der Waals surface area contributed by atoms with Gasteiger partial charge in [-0.3, -0.25) is 4.40 Å². The second-order valence-electron chi connectivity index (χ2n) is 4.81. The van der Waals surface area contributed by atoms with Gasteiger partial charge in [0.15, 0.2) is 4.96 Å². The topological polar surface area (TPSA) is 29.3 Å². The Balaban J connectivity index is 1.90. The standard InChI is InChI=1S/C15H15ClFN3S/c1-2-18-14(12-7-10(16)3-4-13(12)17)8-11-9-20-5-6-21-15(20)19-11/h3-7,9,14,18H,2,8H2,1H3. The minimum absolute atomic E-state index is 0.140. The van der Waals surface area contributed by atoms with Crippen LogP contribution in [0.4, 0.5) is 4.39 Å². The van der Waals surface area contributed by atoms with Crippen molar-refractivity contribution < 1.29 is 4.39 Å². The largest absolute Gasteiger partial charge is 0.310 e. The third kappa shape index (κ3) is 3.10. The average Bonchev–Trinajstić information content (AvgIpc) is 3.02. The van der Waals surface area contributed by atoms with Crippen molar-refractivity contribution in [1.29, 1.82) is 0 Å². The van der Waals surface area contributed by atoms with E-state index in [0.29, 0.717) is 17.0 Å². The molecule has 0 aliphatic carbocycles. The van der Waals surface area contributed by atoms with Gasteiger partial charge in [0.25, 0.3) is 0 Å². The number of imidazole rings is 1. The van der Waals surface area contributed by atoms with E-state index in [-0.39, 0.29) is 11.9 Å². The van der Waals surface area contributed by atoms with Gasteiger partial charge >= 0.3 is 0 Å². The molecule has 1 aromatic carbocycles. The van der Waals surface area contributed by atoms with Crippen LogP contribution in [-0.4, -0.2) is 15.9 Å². The SMILES string of the molecule is CCNC(Cc1cn2ccsc2n1)c1cc(Cl)ccc1F. The molecule has 1 N–H and O–H groups in total. The first kappa shape index (κ1) is 14.5. The lowest BCUT2D eigenvalue weighted by atomic mass is 10.0. The molecule has 0 saturated carbocycles. The number of rotatable bonds is 5. The van der Waals surface area contributed by atoms with Gasteiger partial charge in [0.05, 0.1) is 5.69 Å². The number of likely N-dealkylation sites (N-methyl/N-ethyl adjacent to an activating group) is 1. The van der Waals surface area contributed by atoms with Gasteiger partial charge < -0.3 is 5.32 Å². The summed E-state index contributed by atoms with van der Waals surface area (Å²) < 4.78 is 16.1. The Kier molecular flexibility index (Phi) is 4.24. The van der Waals surface area contributed by atoms with Gasteiger partial charge in [0, 0.05) is 40.8 Å². The molecule has 0 spiro atoms. The summed E-state index contributed by atoms with van der Waals surface area (Å²) in [4.78, 5) is 5.51. The van der Waals surface area contributed by atoms with E-state index in [4.69, 9.17) is 11.6 Å². The van der Waals surface area contributed by atoms with Gasteiger partial charge in [-0.05, 0) is 24.7 Å². The molecule has 3 aromatic rings. The number of nitrogens with zero attached hydrogens (tertiary/aromatic N) is 2. The monoisotopic (exact) mass is 323 g/mol. The summed E-state index contributed by atoms with van der Waals surface area (Å²) in [7, 11) is 0. The van der Waals surface area contributed by atoms with Crippen molar-refractivity contribution >= 4 is 27.9 Å². The molecule has 21 heavy (non-hydrogen) atoms. The Labute approximate surface area is 131 Å². The first-order valence-electron chi connectivity index (χ1n) is 6.76. The van der Waals surface area contributed by atoms with E-state index < -0.39 is 0 Å². The van der Waals surface area contributed by atoms with Crippen LogP contribution in [0.2, 0.25) is 5.02 Å². The highest BCUT2D eigenvalue weighted by Crippen LogP contribution is 2.25. The fourth-order valence-corrected chi connectivity index (χ4v) is 3.30. The predicted octanol–water partition coefficient (Wildman–Crippen LogP) is 4.08. The third-order valence-corrected chi connectivity index (χ3v) is 4.35. The molecule has 3 nitrogen and oxygen atoms in total. The van der Waals surface area contributed by atoms with E-state index in [0.717, 1.165) is 17.2 Å². The van der Waals surface area contributed by atoms with E-state index in [1.165, 1.54) is 6.07 Å². The van der Waals surface area contributed by atoms with Crippen LogP contribution in [0.25, 0.3) is 4.96 Å². The molecule has 0 fully saturated rings. The van der Waals surface area contributed by atoms with Crippen LogP contribution in [0.5, 0.6) is 0 Å². The number of aromatic nitrogens is 2. The van der Waals surface area contributed by atoms with Crippen molar-refractivity contribution in [2.45, 2.75) is 19.4 Å². The number of hydrogen-bond acceptors (Lipinski definition) is 3. The molecule has 1 atom stereocenters. The number of benzene rings is 1. The van der Waals surface area contributed by atoms with Crippen molar-refractivity contribution in [2.24, 2.45) is 0 Å². The summed E-state index contributed by atoms with van der Waals surface area (Å²) in [6.07, 6.45) is 4.58. The number of hydrogen-bond donors (Lipinski definition) is 1. The van der Waals surface area contributed by atoms with Crippen molar-refractivity contribution in [2.75, 3.05) is 6.54 Å². The van der Waals surface area contributed by atoms with Crippen LogP contribution < -0.4 is 5.32 Å². The van der Waals surface area contributed by atoms with E-state index in [1.807, 2.05) is 29.1 Å². The van der Waals surface area contributed by atoms with Gasteiger partial charge in [0.1, 0.15) is 5.82 Å². The molecule has 0 aliphatic heterocycles. The van der Waals surface area contributed by atoms with Gasteiger partial charge in [0.2, 0.25) is 0 Å². The van der Waals surface area contributed by atoms with Crippen LogP contribution in [0.15, 0.2) is 36.0 Å². The van der Waals surface area contributed by atoms with Crippen molar-refractivity contribution in [3.8, 4) is 0 Å². The van der Waals surface area contributed by atoms with Crippen molar-refractivity contribution in [1.82, 2.24) is 14.7 Å². The molecule has 0 radical (unpaired) electrons. The highest BCUT2D eigenvalue weighted by molar-refractivity contribution is 7.15. The predicted molar refractivity (Wildman–Crippen MR) is 84.6 cm³/mol. The van der Waals surface area contributed by atoms with E-state index in [9.17, 15) is 4.39 Å². The maximum Gasteiger partial charge on any atom is 0.193 e. The van der Waals surface area contributed by atoms with Crippen LogP contribution in [0.3, 0.4) is 0 Å². The lowest BCUT2D eigenvalue weighted by molar-refractivity contribution is 0.507. The molecule has 0 saturated heterocycles. The fourth-order valence-electron chi connectivity index (χ4n) is 2.40. The van der Waals surface area contributed by atoms with Crippen LogP contribution >= 0.6 is 22.9 Å². The van der Waals surface area contributed by atoms with E-state index in [1.54, 1.807) is 23.5 Å². The van der Waals surface area contributed by atoms with Crippen molar-refractivity contribution in [3.05, 3.63) is 58.1 Å². The van der Waals surface area contributed by atoms with Gasteiger partial charge in [-0.2, -0.15) is 0 Å². The van der Waals surface area contributed by atoms with E-state index in [2.05, 4.69) is 10.3 Å². The minimum atomic E-state index is -0.244. The molecule has 0 amide bonds. The maximum atomic E-state index is 14.1. The zero-order chi connectivity index (χ0) is 14.8. The third-order valence-electron chi connectivity index (χ3n) is 3.34. The number of fused-ring (bicyclic) bond motifs is 1. The number of nitrogens with one attached hydrogen (secondary N) is 1.